The van der Waals surface area contributed by atoms with E-state index >= 15 is 0 Å². The molecule has 1 heterocycles. The Bertz CT molecular complexity index is 478. The van der Waals surface area contributed by atoms with Crippen molar-refractivity contribution < 1.29 is 14.7 Å². The van der Waals surface area contributed by atoms with Crippen molar-refractivity contribution in [3.63, 3.8) is 0 Å². The normalized spacial score (nSPS) is 11.6. The van der Waals surface area contributed by atoms with Crippen LogP contribution in [-0.4, -0.2) is 21.8 Å². The van der Waals surface area contributed by atoms with Gasteiger partial charge in [0.15, 0.2) is 5.78 Å². The first kappa shape index (κ1) is 15.3. The molecule has 4 heteroatoms. The van der Waals surface area contributed by atoms with E-state index in [9.17, 15) is 9.59 Å². The van der Waals surface area contributed by atoms with Crippen molar-refractivity contribution in [2.45, 2.75) is 46.5 Å². The second kappa shape index (κ2) is 5.95. The molecule has 19 heavy (non-hydrogen) atoms. The second-order valence-electron chi connectivity index (χ2n) is 5.70. The molecule has 0 aliphatic carbocycles. The second-order valence-corrected chi connectivity index (χ2v) is 5.70. The summed E-state index contributed by atoms with van der Waals surface area (Å²) in [5.41, 5.74) is 0.509. The van der Waals surface area contributed by atoms with Gasteiger partial charge in [0.2, 0.25) is 0 Å². The minimum atomic E-state index is -0.879. The third-order valence-corrected chi connectivity index (χ3v) is 3.24. The average molecular weight is 263 g/mol. The van der Waals surface area contributed by atoms with Crippen LogP contribution in [0.15, 0.2) is 18.3 Å². The lowest BCUT2D eigenvalue weighted by Crippen LogP contribution is -2.24. The fraction of sp³-hybridized carbons (Fsp3) is 0.533. The lowest BCUT2D eigenvalue weighted by Gasteiger charge is -2.18. The molecule has 1 aromatic heterocycles. The lowest BCUT2D eigenvalue weighted by atomic mass is 9.86. The molecular formula is C15H21NO3. The number of hydrogen-bond acceptors (Lipinski definition) is 3. The van der Waals surface area contributed by atoms with Crippen LogP contribution in [0.4, 0.5) is 0 Å². The molecular weight excluding hydrogens is 242 g/mol. The first-order valence-electron chi connectivity index (χ1n) is 6.47. The van der Waals surface area contributed by atoms with Gasteiger partial charge in [-0.05, 0) is 38.3 Å². The number of nitrogens with zero attached hydrogens (tertiary/aromatic N) is 1. The van der Waals surface area contributed by atoms with Gasteiger partial charge in [-0.1, -0.05) is 13.8 Å². The molecule has 0 aromatic carbocycles. The van der Waals surface area contributed by atoms with E-state index < -0.39 is 11.4 Å². The molecule has 0 saturated heterocycles. The van der Waals surface area contributed by atoms with E-state index in [4.69, 9.17) is 5.11 Å². The molecule has 0 saturated carbocycles. The van der Waals surface area contributed by atoms with E-state index in [0.717, 1.165) is 5.69 Å². The van der Waals surface area contributed by atoms with Gasteiger partial charge >= 0.3 is 5.97 Å². The molecule has 0 amide bonds. The maximum atomic E-state index is 12.2. The standard InChI is InChI=1S/C15H21NO3/c1-10(2)13-11(6-5-9-16-13)12(17)7-8-15(3,4)14(18)19/h5-6,9-10H,7-8H2,1-4H3,(H,18,19). The fourth-order valence-electron chi connectivity index (χ4n) is 1.78. The quantitative estimate of drug-likeness (QED) is 0.800. The van der Waals surface area contributed by atoms with Crippen molar-refractivity contribution in [1.82, 2.24) is 4.98 Å². The molecule has 0 atom stereocenters. The zero-order valence-electron chi connectivity index (χ0n) is 11.9. The Morgan fingerprint density at radius 3 is 2.53 bits per heavy atom. The Morgan fingerprint density at radius 1 is 1.37 bits per heavy atom. The number of ketones is 1. The SMILES string of the molecule is CC(C)c1ncccc1C(=O)CCC(C)(C)C(=O)O. The monoisotopic (exact) mass is 263 g/mol. The van der Waals surface area contributed by atoms with Gasteiger partial charge in [-0.15, -0.1) is 0 Å². The highest BCUT2D eigenvalue weighted by atomic mass is 16.4. The number of carbonyl (C=O) groups excluding carboxylic acids is 1. The number of Topliss-reactive ketones (excluding diaryl/α,β-unsaturated/α-hetero) is 1. The maximum Gasteiger partial charge on any atom is 0.309 e. The van der Waals surface area contributed by atoms with Crippen LogP contribution in [0.3, 0.4) is 0 Å². The molecule has 104 valence electrons. The van der Waals surface area contributed by atoms with Gasteiger partial charge in [-0.3, -0.25) is 14.6 Å². The van der Waals surface area contributed by atoms with Gasteiger partial charge in [0.25, 0.3) is 0 Å². The molecule has 0 spiro atoms. The van der Waals surface area contributed by atoms with Crippen molar-refractivity contribution in [3.05, 3.63) is 29.6 Å². The molecule has 0 unspecified atom stereocenters. The van der Waals surface area contributed by atoms with E-state index in [2.05, 4.69) is 4.98 Å². The molecule has 0 aliphatic heterocycles. The van der Waals surface area contributed by atoms with Gasteiger partial charge < -0.3 is 5.11 Å². The van der Waals surface area contributed by atoms with Crippen LogP contribution in [0, 0.1) is 5.41 Å². The number of carboxylic acids is 1. The number of rotatable bonds is 6. The molecule has 0 bridgehead atoms. The summed E-state index contributed by atoms with van der Waals surface area (Å²) in [5.74, 6) is -0.741. The summed E-state index contributed by atoms with van der Waals surface area (Å²) in [6.07, 6.45) is 2.23. The van der Waals surface area contributed by atoms with Gasteiger partial charge in [-0.2, -0.15) is 0 Å². The molecule has 0 fully saturated rings. The van der Waals surface area contributed by atoms with Crippen molar-refractivity contribution in [2.24, 2.45) is 5.41 Å². The van der Waals surface area contributed by atoms with Gasteiger partial charge in [0.05, 0.1) is 11.1 Å². The van der Waals surface area contributed by atoms with Crippen LogP contribution in [0.2, 0.25) is 0 Å². The topological polar surface area (TPSA) is 67.3 Å². The van der Waals surface area contributed by atoms with Crippen molar-refractivity contribution in [3.8, 4) is 0 Å². The van der Waals surface area contributed by atoms with Crippen LogP contribution in [0.5, 0.6) is 0 Å². The van der Waals surface area contributed by atoms with Gasteiger partial charge in [0, 0.05) is 18.2 Å². The van der Waals surface area contributed by atoms with E-state index in [1.807, 2.05) is 13.8 Å². The summed E-state index contributed by atoms with van der Waals surface area (Å²) < 4.78 is 0. The summed E-state index contributed by atoms with van der Waals surface area (Å²) in [5, 5.41) is 9.04. The molecule has 0 aliphatic rings. The predicted molar refractivity (Wildman–Crippen MR) is 73.3 cm³/mol. The van der Waals surface area contributed by atoms with Crippen molar-refractivity contribution in [1.29, 1.82) is 0 Å². The smallest absolute Gasteiger partial charge is 0.309 e. The van der Waals surface area contributed by atoms with Crippen molar-refractivity contribution >= 4 is 11.8 Å². The van der Waals surface area contributed by atoms with Gasteiger partial charge in [0.1, 0.15) is 0 Å². The van der Waals surface area contributed by atoms with Crippen LogP contribution < -0.4 is 0 Å². The first-order valence-corrected chi connectivity index (χ1v) is 6.47. The number of pyridine rings is 1. The summed E-state index contributed by atoms with van der Waals surface area (Å²) in [4.78, 5) is 27.5. The summed E-state index contributed by atoms with van der Waals surface area (Å²) in [6.45, 7) is 7.24. The Kier molecular flexibility index (Phi) is 4.81. The lowest BCUT2D eigenvalue weighted by molar-refractivity contribution is -0.147. The molecule has 1 aromatic rings. The van der Waals surface area contributed by atoms with Crippen LogP contribution in [0.1, 0.15) is 62.5 Å². The van der Waals surface area contributed by atoms with Crippen LogP contribution in [0.25, 0.3) is 0 Å². The molecule has 4 nitrogen and oxygen atoms in total. The zero-order valence-corrected chi connectivity index (χ0v) is 11.9. The van der Waals surface area contributed by atoms with Crippen LogP contribution in [-0.2, 0) is 4.79 Å². The first-order chi connectivity index (χ1) is 8.75. The Hall–Kier alpha value is -1.71. The highest BCUT2D eigenvalue weighted by Crippen LogP contribution is 2.25. The minimum Gasteiger partial charge on any atom is -0.481 e. The maximum absolute atomic E-state index is 12.2. The van der Waals surface area contributed by atoms with E-state index in [-0.39, 0.29) is 18.1 Å². The summed E-state index contributed by atoms with van der Waals surface area (Å²) in [7, 11) is 0. The highest BCUT2D eigenvalue weighted by molar-refractivity contribution is 5.97. The number of aliphatic carboxylic acids is 1. The van der Waals surface area contributed by atoms with Crippen LogP contribution >= 0.6 is 0 Å². The minimum absolute atomic E-state index is 0.0360. The Morgan fingerprint density at radius 2 is 2.00 bits per heavy atom. The Labute approximate surface area is 113 Å². The third kappa shape index (κ3) is 3.88. The van der Waals surface area contributed by atoms with Gasteiger partial charge in [-0.25, -0.2) is 0 Å². The third-order valence-electron chi connectivity index (χ3n) is 3.24. The highest BCUT2D eigenvalue weighted by Gasteiger charge is 2.28. The average Bonchev–Trinajstić information content (AvgIpc) is 2.35. The number of aromatic nitrogens is 1. The Balaban J connectivity index is 2.83. The number of carboxylic acid groups (broad SMARTS) is 1. The number of hydrogen-bond donors (Lipinski definition) is 1. The molecule has 1 N–H and O–H groups in total. The summed E-state index contributed by atoms with van der Waals surface area (Å²) >= 11 is 0. The van der Waals surface area contributed by atoms with E-state index in [1.54, 1.807) is 32.2 Å². The van der Waals surface area contributed by atoms with E-state index in [0.29, 0.717) is 12.0 Å². The predicted octanol–water partition coefficient (Wildman–Crippen LogP) is 3.28. The molecule has 1 rings (SSSR count). The fourth-order valence-corrected chi connectivity index (χ4v) is 1.78. The zero-order chi connectivity index (χ0) is 14.6. The number of carbonyl (C=O) groups is 2. The molecule has 0 radical (unpaired) electrons. The van der Waals surface area contributed by atoms with E-state index in [1.165, 1.54) is 0 Å². The van der Waals surface area contributed by atoms with Crippen molar-refractivity contribution in [2.75, 3.05) is 0 Å². The largest absolute Gasteiger partial charge is 0.481 e. The summed E-state index contributed by atoms with van der Waals surface area (Å²) in [6, 6.07) is 3.50.